The first kappa shape index (κ1) is 21.1. The fraction of sp³-hybridized carbons (Fsp3) is 0.286. The van der Waals surface area contributed by atoms with E-state index in [2.05, 4.69) is 48.5 Å². The van der Waals surface area contributed by atoms with Crippen LogP contribution in [0.5, 0.6) is 0 Å². The minimum atomic E-state index is 0.0925. The molecule has 5 aromatic carbocycles. The van der Waals surface area contributed by atoms with Crippen LogP contribution in [-0.4, -0.2) is 46.9 Å². The SMILES string of the molecule is OCCc1cc2cc(CCO)cc3c4cc(CCO)cc5cc(CCO)cc(c(c1)c23)c54. The first-order chi connectivity index (χ1) is 15.7. The van der Waals surface area contributed by atoms with E-state index in [-0.39, 0.29) is 26.4 Å². The Labute approximate surface area is 186 Å². The first-order valence-electron chi connectivity index (χ1n) is 11.3. The summed E-state index contributed by atoms with van der Waals surface area (Å²) in [5, 5.41) is 47.6. The number of aliphatic hydroxyl groups is 4. The highest BCUT2D eigenvalue weighted by Gasteiger charge is 2.17. The second-order valence-electron chi connectivity index (χ2n) is 8.66. The minimum Gasteiger partial charge on any atom is -0.396 e. The van der Waals surface area contributed by atoms with Crippen LogP contribution in [0.4, 0.5) is 0 Å². The van der Waals surface area contributed by atoms with Crippen molar-refractivity contribution in [3.05, 3.63) is 70.8 Å². The second kappa shape index (κ2) is 8.64. The Morgan fingerprint density at radius 3 is 0.844 bits per heavy atom. The van der Waals surface area contributed by atoms with E-state index in [0.29, 0.717) is 25.7 Å². The van der Waals surface area contributed by atoms with Gasteiger partial charge in [0.2, 0.25) is 0 Å². The van der Waals surface area contributed by atoms with Gasteiger partial charge in [-0.05, 0) is 91.0 Å². The number of benzene rings is 5. The lowest BCUT2D eigenvalue weighted by Gasteiger charge is -2.19. The highest BCUT2D eigenvalue weighted by Crippen LogP contribution is 2.42. The minimum absolute atomic E-state index is 0.0925. The van der Waals surface area contributed by atoms with Crippen molar-refractivity contribution in [3.63, 3.8) is 0 Å². The molecule has 0 aromatic heterocycles. The van der Waals surface area contributed by atoms with Gasteiger partial charge in [0, 0.05) is 26.4 Å². The average Bonchev–Trinajstić information content (AvgIpc) is 2.77. The van der Waals surface area contributed by atoms with Crippen molar-refractivity contribution in [1.29, 1.82) is 0 Å². The molecule has 0 aliphatic carbocycles. The van der Waals surface area contributed by atoms with Gasteiger partial charge in [-0.3, -0.25) is 0 Å². The normalized spacial score (nSPS) is 12.1. The number of rotatable bonds is 8. The van der Waals surface area contributed by atoms with Gasteiger partial charge in [-0.25, -0.2) is 0 Å². The van der Waals surface area contributed by atoms with Gasteiger partial charge < -0.3 is 20.4 Å². The van der Waals surface area contributed by atoms with Crippen LogP contribution >= 0.6 is 0 Å². The predicted octanol–water partition coefficient (Wildman–Crippen LogP) is 3.88. The number of fused-ring (bicyclic) bond motifs is 2. The van der Waals surface area contributed by atoms with Crippen molar-refractivity contribution < 1.29 is 20.4 Å². The molecule has 0 aliphatic rings. The van der Waals surface area contributed by atoms with Crippen molar-refractivity contribution in [3.8, 4) is 0 Å². The molecule has 32 heavy (non-hydrogen) atoms. The van der Waals surface area contributed by atoms with E-state index in [1.54, 1.807) is 0 Å². The molecule has 0 aliphatic heterocycles. The summed E-state index contributed by atoms with van der Waals surface area (Å²) in [7, 11) is 0. The highest BCUT2D eigenvalue weighted by molar-refractivity contribution is 6.33. The van der Waals surface area contributed by atoms with Crippen LogP contribution in [0.2, 0.25) is 0 Å². The fourth-order valence-corrected chi connectivity index (χ4v) is 5.22. The molecule has 0 saturated carbocycles. The molecular formula is C28H28O4. The Bertz CT molecular complexity index is 1210. The zero-order chi connectivity index (χ0) is 22.2. The summed E-state index contributed by atoms with van der Waals surface area (Å²) in [6.45, 7) is 0.370. The molecule has 164 valence electrons. The molecule has 0 saturated heterocycles. The summed E-state index contributed by atoms with van der Waals surface area (Å²) >= 11 is 0. The molecule has 0 amide bonds. The summed E-state index contributed by atoms with van der Waals surface area (Å²) in [6.07, 6.45) is 2.35. The Kier molecular flexibility index (Phi) is 5.70. The molecule has 5 aromatic rings. The van der Waals surface area contributed by atoms with Crippen molar-refractivity contribution in [1.82, 2.24) is 0 Å². The third-order valence-corrected chi connectivity index (χ3v) is 6.52. The van der Waals surface area contributed by atoms with E-state index in [0.717, 1.165) is 54.6 Å². The van der Waals surface area contributed by atoms with Gasteiger partial charge >= 0.3 is 0 Å². The van der Waals surface area contributed by atoms with Gasteiger partial charge in [0.25, 0.3) is 0 Å². The average molecular weight is 429 g/mol. The maximum Gasteiger partial charge on any atom is 0.0471 e. The van der Waals surface area contributed by atoms with Gasteiger partial charge in [0.1, 0.15) is 0 Å². The van der Waals surface area contributed by atoms with Gasteiger partial charge in [0.15, 0.2) is 0 Å². The van der Waals surface area contributed by atoms with E-state index in [1.165, 1.54) is 10.8 Å². The van der Waals surface area contributed by atoms with Crippen molar-refractivity contribution in [2.45, 2.75) is 25.7 Å². The Morgan fingerprint density at radius 1 is 0.375 bits per heavy atom. The van der Waals surface area contributed by atoms with E-state index in [4.69, 9.17) is 0 Å². The topological polar surface area (TPSA) is 80.9 Å². The standard InChI is InChI=1S/C28H28O4/c29-5-1-17-9-21-10-18(2-6-30)15-25-26-16-20(4-8-32)12-22-11-19(3-7-31)14-24(28(22)26)23(13-17)27(21)25/h9-16,29-32H,1-8H2. The van der Waals surface area contributed by atoms with Crippen LogP contribution < -0.4 is 0 Å². The van der Waals surface area contributed by atoms with E-state index >= 15 is 0 Å². The van der Waals surface area contributed by atoms with E-state index in [1.807, 2.05) is 0 Å². The lowest BCUT2D eigenvalue weighted by atomic mass is 9.85. The Balaban J connectivity index is 2.01. The van der Waals surface area contributed by atoms with Gasteiger partial charge in [-0.1, -0.05) is 48.5 Å². The summed E-state index contributed by atoms with van der Waals surface area (Å²) < 4.78 is 0. The quantitative estimate of drug-likeness (QED) is 0.223. The molecule has 5 rings (SSSR count). The van der Waals surface area contributed by atoms with Crippen LogP contribution in [0.15, 0.2) is 48.5 Å². The summed E-state index contributed by atoms with van der Waals surface area (Å²) in [4.78, 5) is 0. The summed E-state index contributed by atoms with van der Waals surface area (Å²) in [6, 6.07) is 17.4. The molecular weight excluding hydrogens is 400 g/mol. The lowest BCUT2D eigenvalue weighted by Crippen LogP contribution is -1.98. The number of hydrogen-bond acceptors (Lipinski definition) is 4. The van der Waals surface area contributed by atoms with Crippen LogP contribution in [0, 0.1) is 0 Å². The van der Waals surface area contributed by atoms with Crippen LogP contribution in [-0.2, 0) is 25.7 Å². The molecule has 4 nitrogen and oxygen atoms in total. The molecule has 0 bridgehead atoms. The van der Waals surface area contributed by atoms with Gasteiger partial charge in [-0.15, -0.1) is 0 Å². The van der Waals surface area contributed by atoms with Crippen molar-refractivity contribution in [2.75, 3.05) is 26.4 Å². The number of hydrogen-bond donors (Lipinski definition) is 4. The molecule has 0 atom stereocenters. The zero-order valence-electron chi connectivity index (χ0n) is 18.1. The van der Waals surface area contributed by atoms with Gasteiger partial charge in [-0.2, -0.15) is 0 Å². The third kappa shape index (κ3) is 3.50. The van der Waals surface area contributed by atoms with Crippen LogP contribution in [0.3, 0.4) is 0 Å². The first-order valence-corrected chi connectivity index (χ1v) is 11.3. The molecule has 0 fully saturated rings. The molecule has 0 radical (unpaired) electrons. The predicted molar refractivity (Wildman–Crippen MR) is 131 cm³/mol. The van der Waals surface area contributed by atoms with Crippen LogP contribution in [0.25, 0.3) is 43.1 Å². The Hall–Kier alpha value is -2.76. The summed E-state index contributed by atoms with van der Waals surface area (Å²) in [5.41, 5.74) is 4.35. The van der Waals surface area contributed by atoms with Crippen molar-refractivity contribution >= 4 is 43.1 Å². The smallest absolute Gasteiger partial charge is 0.0471 e. The fourth-order valence-electron chi connectivity index (χ4n) is 5.22. The summed E-state index contributed by atoms with van der Waals surface area (Å²) in [5.74, 6) is 0. The van der Waals surface area contributed by atoms with Crippen LogP contribution in [0.1, 0.15) is 22.3 Å². The second-order valence-corrected chi connectivity index (χ2v) is 8.66. The van der Waals surface area contributed by atoms with Gasteiger partial charge in [0.05, 0.1) is 0 Å². The number of aliphatic hydroxyl groups excluding tert-OH is 4. The third-order valence-electron chi connectivity index (χ3n) is 6.52. The molecule has 0 spiro atoms. The maximum absolute atomic E-state index is 9.59. The maximum atomic E-state index is 9.59. The van der Waals surface area contributed by atoms with E-state index < -0.39 is 0 Å². The van der Waals surface area contributed by atoms with E-state index in [9.17, 15) is 20.4 Å². The highest BCUT2D eigenvalue weighted by atomic mass is 16.3. The molecule has 4 heteroatoms. The largest absolute Gasteiger partial charge is 0.396 e. The van der Waals surface area contributed by atoms with Crippen molar-refractivity contribution in [2.24, 2.45) is 0 Å². The molecule has 0 heterocycles. The lowest BCUT2D eigenvalue weighted by molar-refractivity contribution is 0.299. The Morgan fingerprint density at radius 2 is 0.625 bits per heavy atom. The molecule has 4 N–H and O–H groups in total. The zero-order valence-corrected chi connectivity index (χ0v) is 18.1. The molecule has 0 unspecified atom stereocenters. The monoisotopic (exact) mass is 428 g/mol.